The second-order valence-corrected chi connectivity index (χ2v) is 2.34. The maximum absolute atomic E-state index is 7.85. The molecule has 1 fully saturated rings. The van der Waals surface area contributed by atoms with E-state index in [0.29, 0.717) is 5.92 Å². The van der Waals surface area contributed by atoms with E-state index in [-0.39, 0.29) is 103 Å². The van der Waals surface area contributed by atoms with Gasteiger partial charge in [-0.3, -0.25) is 0 Å². The molecule has 0 aromatic carbocycles. The number of hydrogen-bond donors (Lipinski definition) is 2. The van der Waals surface area contributed by atoms with E-state index in [2.05, 4.69) is 9.65 Å². The molecule has 1 rings (SSSR count). The van der Waals surface area contributed by atoms with Gasteiger partial charge in [0, 0.05) is 45.0 Å². The normalized spacial score (nSPS) is 16.5. The zero-order valence-corrected chi connectivity index (χ0v) is 17.6. The summed E-state index contributed by atoms with van der Waals surface area (Å²) in [5.74, 6) is 2.45. The summed E-state index contributed by atoms with van der Waals surface area (Å²) in [7, 11) is 0. The molecule has 1 aliphatic heterocycles. The fourth-order valence-corrected chi connectivity index (χ4v) is 0.910. The quantitative estimate of drug-likeness (QED) is 0.218. The monoisotopic (exact) mass is 445 g/mol. The first-order chi connectivity index (χ1) is 3.93. The van der Waals surface area contributed by atoms with Gasteiger partial charge in [-0.2, -0.15) is 12.0 Å². The van der Waals surface area contributed by atoms with Crippen molar-refractivity contribution in [2.24, 2.45) is 5.92 Å². The van der Waals surface area contributed by atoms with Crippen molar-refractivity contribution in [1.29, 1.82) is 0 Å². The zero-order chi connectivity index (χ0) is 5.82. The predicted molar refractivity (Wildman–Crippen MR) is 32.0 cm³/mol. The third-order valence-corrected chi connectivity index (χ3v) is 1.69. The number of nitrogens with one attached hydrogen (secondary N) is 1. The molecular formula is C4H8NO2RaRbS. The van der Waals surface area contributed by atoms with Gasteiger partial charge < -0.3 is 5.32 Å². The minimum atomic E-state index is 0. The first-order valence-corrected chi connectivity index (χ1v) is 3.25. The van der Waals surface area contributed by atoms with Gasteiger partial charge in [-0.25, -0.2) is 15.3 Å². The third-order valence-electron chi connectivity index (χ3n) is 1.10. The minimum Gasteiger partial charge on any atom is -0.321 e. The van der Waals surface area contributed by atoms with Crippen LogP contribution in [-0.2, 0) is 4.33 Å². The summed E-state index contributed by atoms with van der Waals surface area (Å²) in [5.41, 5.74) is 0. The summed E-state index contributed by atoms with van der Waals surface area (Å²) in [6, 6.07) is 0. The van der Waals surface area contributed by atoms with Gasteiger partial charge in [0.25, 0.3) is 0 Å². The molecule has 1 heterocycles. The van der Waals surface area contributed by atoms with Crippen molar-refractivity contribution >= 4 is 12.0 Å². The molecule has 1 aliphatic rings. The molecule has 10 heavy (non-hydrogen) atoms. The Kier molecular flexibility index (Phi) is 16.9. The fourth-order valence-electron chi connectivity index (χ4n) is 0.511. The van der Waals surface area contributed by atoms with Crippen LogP contribution in [0.25, 0.3) is 0 Å². The molecule has 0 bridgehead atoms. The maximum atomic E-state index is 7.85. The molecule has 6 heteroatoms. The average Bonchev–Trinajstić information content (AvgIpc) is 1.63. The molecular weight excluding hydrogens is 438 g/mol. The van der Waals surface area contributed by atoms with E-state index in [4.69, 9.17) is 5.26 Å². The van der Waals surface area contributed by atoms with Crippen LogP contribution in [0.1, 0.15) is 0 Å². The van der Waals surface area contributed by atoms with Crippen LogP contribution < -0.4 is 63.5 Å². The van der Waals surface area contributed by atoms with Crippen LogP contribution in [0.15, 0.2) is 0 Å². The molecule has 0 atom stereocenters. The molecule has 0 aliphatic carbocycles. The van der Waals surface area contributed by atoms with Gasteiger partial charge >= 0.3 is 58.2 Å². The number of rotatable bonds is 3. The zero-order valence-electron chi connectivity index (χ0n) is 6.04. The van der Waals surface area contributed by atoms with E-state index in [1.807, 2.05) is 5.75 Å². The van der Waals surface area contributed by atoms with Crippen molar-refractivity contribution in [3.8, 4) is 0 Å². The van der Waals surface area contributed by atoms with Gasteiger partial charge in [-0.15, -0.1) is 5.92 Å². The van der Waals surface area contributed by atoms with Crippen molar-refractivity contribution in [2.75, 3.05) is 13.1 Å². The Bertz CT molecular complexity index is 76.3. The molecule has 1 saturated heterocycles. The smallest absolute Gasteiger partial charge is 0.321 e. The summed E-state index contributed by atoms with van der Waals surface area (Å²) in [6.45, 7) is 2.02. The molecule has 2 N–H and O–H groups in total. The van der Waals surface area contributed by atoms with Crippen LogP contribution in [0.5, 0.6) is 0 Å². The summed E-state index contributed by atoms with van der Waals surface area (Å²) in [5, 5.41) is 10.9. The van der Waals surface area contributed by atoms with E-state index in [0.717, 1.165) is 25.1 Å². The van der Waals surface area contributed by atoms with E-state index >= 15 is 0 Å². The van der Waals surface area contributed by atoms with Crippen LogP contribution >= 0.6 is 12.0 Å². The molecule has 0 aromatic rings. The van der Waals surface area contributed by atoms with Crippen LogP contribution in [0.4, 0.5) is 0 Å². The number of hydrogen-bond acceptors (Lipinski definition) is 4. The van der Waals surface area contributed by atoms with Crippen molar-refractivity contribution in [3.63, 3.8) is 0 Å². The first-order valence-electron chi connectivity index (χ1n) is 2.44. The Morgan fingerprint density at radius 3 is 2.50 bits per heavy atom. The predicted octanol–water partition coefficient (Wildman–Crippen LogP) is -2.49. The average molecular weight is 446 g/mol. The Hall–Kier alpha value is 3.50. The molecule has 0 amide bonds. The van der Waals surface area contributed by atoms with Crippen molar-refractivity contribution in [3.05, 3.63) is 5.75 Å². The molecule has 2 radical (unpaired) electrons. The third kappa shape index (κ3) is 6.96. The maximum Gasteiger partial charge on any atom is 1.00 e. The van der Waals surface area contributed by atoms with Gasteiger partial charge in [-0.1, -0.05) is 0 Å². The summed E-state index contributed by atoms with van der Waals surface area (Å²) in [4.78, 5) is 0. The Balaban J connectivity index is 0. The van der Waals surface area contributed by atoms with Gasteiger partial charge in [0.1, 0.15) is 0 Å². The van der Waals surface area contributed by atoms with Crippen molar-refractivity contribution in [1.82, 2.24) is 5.32 Å². The second-order valence-electron chi connectivity index (χ2n) is 1.73. The summed E-state index contributed by atoms with van der Waals surface area (Å²) in [6.07, 6.45) is 0. The Morgan fingerprint density at radius 1 is 1.60 bits per heavy atom. The molecule has 50 valence electrons. The van der Waals surface area contributed by atoms with Gasteiger partial charge in [0.15, 0.2) is 0 Å². The largest absolute Gasteiger partial charge is 1.00 e. The molecule has 0 aromatic heterocycles. The second kappa shape index (κ2) is 10.6. The van der Waals surface area contributed by atoms with Gasteiger partial charge in [-0.05, 0) is 13.1 Å². The van der Waals surface area contributed by atoms with E-state index in [9.17, 15) is 0 Å². The van der Waals surface area contributed by atoms with Crippen LogP contribution in [0.3, 0.4) is 0 Å². The standard InChI is InChI=1S/C4H8NO2S.Ra.Rb/c6-7-8-3-4-1-5-2-4;;/h3-6H,1-2H2;;/q-1;;+1. The van der Waals surface area contributed by atoms with E-state index in [1.54, 1.807) is 0 Å². The first kappa shape index (κ1) is 16.0. The van der Waals surface area contributed by atoms with Crippen LogP contribution in [0, 0.1) is 56.7 Å². The Morgan fingerprint density at radius 2 is 2.20 bits per heavy atom. The Labute approximate surface area is 151 Å². The van der Waals surface area contributed by atoms with Gasteiger partial charge in [0.2, 0.25) is 0 Å². The van der Waals surface area contributed by atoms with Gasteiger partial charge in [0.05, 0.1) is 0 Å². The van der Waals surface area contributed by atoms with E-state index < -0.39 is 0 Å². The molecule has 0 spiro atoms. The summed E-state index contributed by atoms with van der Waals surface area (Å²) >= 11 is 0.983. The van der Waals surface area contributed by atoms with Crippen LogP contribution in [-0.4, -0.2) is 18.3 Å². The topological polar surface area (TPSA) is 41.5 Å². The molecule has 0 saturated carbocycles. The van der Waals surface area contributed by atoms with E-state index in [1.165, 1.54) is 0 Å². The molecule has 0 unspecified atom stereocenters. The minimum absolute atomic E-state index is 0. The van der Waals surface area contributed by atoms with Crippen molar-refractivity contribution < 1.29 is 113 Å². The van der Waals surface area contributed by atoms with Crippen LogP contribution in [0.2, 0.25) is 0 Å². The molecule has 3 nitrogen and oxygen atoms in total. The fraction of sp³-hybridized carbons (Fsp3) is 0.750. The summed E-state index contributed by atoms with van der Waals surface area (Å²) < 4.78 is 3.78. The van der Waals surface area contributed by atoms with Crippen molar-refractivity contribution in [2.45, 2.75) is 0 Å². The SMILES string of the molecule is OOS[CH-]C1CNC1.[Ra].[Rb+].